The summed E-state index contributed by atoms with van der Waals surface area (Å²) in [6.45, 7) is 6.67. The molecular formula is C18H28N2O2. The topological polar surface area (TPSA) is 41.6 Å². The summed E-state index contributed by atoms with van der Waals surface area (Å²) in [5, 5.41) is 3.66. The van der Waals surface area contributed by atoms with Crippen LogP contribution in [0.5, 0.6) is 0 Å². The molecule has 0 amide bonds. The molecule has 1 fully saturated rings. The third-order valence-electron chi connectivity index (χ3n) is 4.24. The van der Waals surface area contributed by atoms with E-state index in [0.717, 1.165) is 38.0 Å². The monoisotopic (exact) mass is 304 g/mol. The minimum Gasteiger partial charge on any atom is -0.465 e. The van der Waals surface area contributed by atoms with Crippen LogP contribution in [0.15, 0.2) is 18.2 Å². The lowest BCUT2D eigenvalue weighted by Gasteiger charge is -2.31. The van der Waals surface area contributed by atoms with E-state index in [1.807, 2.05) is 12.1 Å². The number of ether oxygens (including phenoxy) is 1. The van der Waals surface area contributed by atoms with Crippen molar-refractivity contribution in [1.29, 1.82) is 0 Å². The molecule has 1 aromatic carbocycles. The second-order valence-corrected chi connectivity index (χ2v) is 6.68. The highest BCUT2D eigenvalue weighted by Crippen LogP contribution is 2.24. The maximum absolute atomic E-state index is 11.8. The highest BCUT2D eigenvalue weighted by molar-refractivity contribution is 5.90. The Bertz CT molecular complexity index is 506. The van der Waals surface area contributed by atoms with E-state index in [9.17, 15) is 4.79 Å². The average molecular weight is 304 g/mol. The molecule has 0 bridgehead atoms. The maximum Gasteiger partial charge on any atom is 0.337 e. The Kier molecular flexibility index (Phi) is 5.83. The molecule has 1 N–H and O–H groups in total. The molecule has 1 aliphatic rings. The molecule has 1 aliphatic heterocycles. The van der Waals surface area contributed by atoms with Crippen molar-refractivity contribution in [2.75, 3.05) is 32.6 Å². The van der Waals surface area contributed by atoms with Gasteiger partial charge in [-0.25, -0.2) is 4.79 Å². The number of methoxy groups -OCH3 is 1. The molecule has 1 heterocycles. The number of carbonyl (C=O) groups excluding carboxylic acids is 1. The van der Waals surface area contributed by atoms with Crippen LogP contribution in [0, 0.1) is 5.92 Å². The number of likely N-dealkylation sites (tertiary alicyclic amines) is 1. The van der Waals surface area contributed by atoms with Crippen molar-refractivity contribution in [2.45, 2.75) is 39.2 Å². The van der Waals surface area contributed by atoms with E-state index in [-0.39, 0.29) is 5.97 Å². The molecule has 1 saturated heterocycles. The second-order valence-electron chi connectivity index (χ2n) is 6.68. The van der Waals surface area contributed by atoms with Crippen molar-refractivity contribution >= 4 is 11.7 Å². The molecule has 2 rings (SSSR count). The van der Waals surface area contributed by atoms with E-state index in [1.54, 1.807) is 0 Å². The third-order valence-corrected chi connectivity index (χ3v) is 4.24. The Morgan fingerprint density at radius 3 is 2.64 bits per heavy atom. The highest BCUT2D eigenvalue weighted by atomic mass is 16.5. The lowest BCUT2D eigenvalue weighted by Crippen LogP contribution is -2.37. The van der Waals surface area contributed by atoms with Crippen LogP contribution in [0.25, 0.3) is 0 Å². The summed E-state index contributed by atoms with van der Waals surface area (Å²) in [5.41, 5.74) is 2.98. The first kappa shape index (κ1) is 16.8. The van der Waals surface area contributed by atoms with Gasteiger partial charge in [0.25, 0.3) is 0 Å². The van der Waals surface area contributed by atoms with E-state index in [0.29, 0.717) is 17.5 Å². The van der Waals surface area contributed by atoms with Crippen LogP contribution in [0.3, 0.4) is 0 Å². The summed E-state index contributed by atoms with van der Waals surface area (Å²) in [6.07, 6.45) is 3.29. The molecule has 22 heavy (non-hydrogen) atoms. The third kappa shape index (κ3) is 4.47. The minimum absolute atomic E-state index is 0.275. The quantitative estimate of drug-likeness (QED) is 0.848. The van der Waals surface area contributed by atoms with Gasteiger partial charge in [-0.05, 0) is 63.0 Å². The molecule has 0 aromatic heterocycles. The molecule has 0 spiro atoms. The summed E-state index contributed by atoms with van der Waals surface area (Å²) in [4.78, 5) is 14.1. The molecule has 0 radical (unpaired) electrons. The number of esters is 1. The molecule has 122 valence electrons. The molecule has 0 saturated carbocycles. The first-order chi connectivity index (χ1) is 10.5. The average Bonchev–Trinajstić information content (AvgIpc) is 2.50. The highest BCUT2D eigenvalue weighted by Gasteiger charge is 2.18. The van der Waals surface area contributed by atoms with Crippen LogP contribution >= 0.6 is 0 Å². The smallest absolute Gasteiger partial charge is 0.337 e. The normalized spacial score (nSPS) is 16.8. The number of hydrogen-bond acceptors (Lipinski definition) is 4. The fraction of sp³-hybridized carbons (Fsp3) is 0.611. The van der Waals surface area contributed by atoms with Crippen molar-refractivity contribution in [3.05, 3.63) is 29.3 Å². The van der Waals surface area contributed by atoms with Crippen LogP contribution in [0.2, 0.25) is 0 Å². The molecule has 4 nitrogen and oxygen atoms in total. The number of carbonyl (C=O) groups is 1. The zero-order valence-electron chi connectivity index (χ0n) is 14.2. The van der Waals surface area contributed by atoms with Crippen molar-refractivity contribution in [2.24, 2.45) is 5.92 Å². The van der Waals surface area contributed by atoms with Crippen molar-refractivity contribution in [3.8, 4) is 0 Å². The molecular weight excluding hydrogens is 276 g/mol. The predicted molar refractivity (Wildman–Crippen MR) is 90.5 cm³/mol. The van der Waals surface area contributed by atoms with Crippen LogP contribution < -0.4 is 5.32 Å². The lowest BCUT2D eigenvalue weighted by molar-refractivity contribution is 0.0601. The van der Waals surface area contributed by atoms with E-state index in [1.165, 1.54) is 12.7 Å². The lowest BCUT2D eigenvalue weighted by atomic mass is 9.98. The Morgan fingerprint density at radius 2 is 2.05 bits per heavy atom. The summed E-state index contributed by atoms with van der Waals surface area (Å²) < 4.78 is 4.84. The van der Waals surface area contributed by atoms with E-state index in [2.05, 4.69) is 37.2 Å². The van der Waals surface area contributed by atoms with Gasteiger partial charge >= 0.3 is 5.97 Å². The van der Waals surface area contributed by atoms with Gasteiger partial charge in [0.15, 0.2) is 0 Å². The first-order valence-electron chi connectivity index (χ1n) is 8.16. The largest absolute Gasteiger partial charge is 0.465 e. The fourth-order valence-corrected chi connectivity index (χ4v) is 2.95. The van der Waals surface area contributed by atoms with E-state index >= 15 is 0 Å². The van der Waals surface area contributed by atoms with Gasteiger partial charge in [-0.1, -0.05) is 19.9 Å². The number of nitrogens with one attached hydrogen (secondary N) is 1. The van der Waals surface area contributed by atoms with Crippen LogP contribution in [0.1, 0.15) is 42.6 Å². The van der Waals surface area contributed by atoms with Crippen molar-refractivity contribution in [1.82, 2.24) is 4.90 Å². The number of benzene rings is 1. The predicted octanol–water partition coefficient (Wildman–Crippen LogP) is 3.18. The molecule has 0 aliphatic carbocycles. The molecule has 0 atom stereocenters. The van der Waals surface area contributed by atoms with Crippen LogP contribution in [0.4, 0.5) is 5.69 Å². The van der Waals surface area contributed by atoms with Crippen molar-refractivity contribution < 1.29 is 9.53 Å². The minimum atomic E-state index is -0.275. The van der Waals surface area contributed by atoms with Crippen molar-refractivity contribution in [3.63, 3.8) is 0 Å². The standard InChI is InChI=1S/C18H28N2O2/c1-13(2)11-14-5-6-15(18(21)22-4)12-17(14)19-16-7-9-20(3)10-8-16/h5-6,12-13,16,19H,7-11H2,1-4H3. The summed E-state index contributed by atoms with van der Waals surface area (Å²) >= 11 is 0. The van der Waals surface area contributed by atoms with Gasteiger partial charge < -0.3 is 15.0 Å². The summed E-state index contributed by atoms with van der Waals surface area (Å²) in [7, 11) is 3.59. The first-order valence-corrected chi connectivity index (χ1v) is 8.16. The van der Waals surface area contributed by atoms with Gasteiger partial charge in [-0.3, -0.25) is 0 Å². The summed E-state index contributed by atoms with van der Waals surface area (Å²) in [6, 6.07) is 6.35. The van der Waals surface area contributed by atoms with Gasteiger partial charge in [-0.15, -0.1) is 0 Å². The Morgan fingerprint density at radius 1 is 1.36 bits per heavy atom. The Balaban J connectivity index is 2.18. The number of hydrogen-bond donors (Lipinski definition) is 1. The van der Waals surface area contributed by atoms with Gasteiger partial charge in [0.05, 0.1) is 12.7 Å². The van der Waals surface area contributed by atoms with E-state index < -0.39 is 0 Å². The van der Waals surface area contributed by atoms with Crippen LogP contribution in [-0.2, 0) is 11.2 Å². The molecule has 1 aromatic rings. The van der Waals surface area contributed by atoms with Gasteiger partial charge in [0.1, 0.15) is 0 Å². The van der Waals surface area contributed by atoms with Crippen LogP contribution in [-0.4, -0.2) is 44.2 Å². The number of rotatable bonds is 5. The van der Waals surface area contributed by atoms with E-state index in [4.69, 9.17) is 4.74 Å². The SMILES string of the molecule is COC(=O)c1ccc(CC(C)C)c(NC2CCN(C)CC2)c1. The van der Waals surface area contributed by atoms with Gasteiger partial charge in [0.2, 0.25) is 0 Å². The molecule has 0 unspecified atom stereocenters. The number of piperidine rings is 1. The van der Waals surface area contributed by atoms with Gasteiger partial charge in [0, 0.05) is 11.7 Å². The fourth-order valence-electron chi connectivity index (χ4n) is 2.95. The Labute approximate surface area is 133 Å². The van der Waals surface area contributed by atoms with Gasteiger partial charge in [-0.2, -0.15) is 0 Å². The maximum atomic E-state index is 11.8. The molecule has 4 heteroatoms. The second kappa shape index (κ2) is 7.63. The number of nitrogens with zero attached hydrogens (tertiary/aromatic N) is 1. The number of anilines is 1. The zero-order valence-corrected chi connectivity index (χ0v) is 14.2. The summed E-state index contributed by atoms with van der Waals surface area (Å²) in [5.74, 6) is 0.310. The Hall–Kier alpha value is -1.55. The zero-order chi connectivity index (χ0) is 16.1.